The fourth-order valence-electron chi connectivity index (χ4n) is 1.44. The summed E-state index contributed by atoms with van der Waals surface area (Å²) in [5.74, 6) is -1.34. The van der Waals surface area contributed by atoms with E-state index in [1.165, 1.54) is 6.07 Å². The molecule has 0 saturated carbocycles. The summed E-state index contributed by atoms with van der Waals surface area (Å²) in [5.41, 5.74) is 0.968. The van der Waals surface area contributed by atoms with Gasteiger partial charge < -0.3 is 10.4 Å². The minimum atomic E-state index is -0.932. The van der Waals surface area contributed by atoms with E-state index in [9.17, 15) is 9.18 Å². The number of nitrogens with one attached hydrogen (secondary N) is 1. The van der Waals surface area contributed by atoms with Crippen molar-refractivity contribution in [1.29, 1.82) is 0 Å². The molecule has 1 rings (SSSR count). The monoisotopic (exact) mass is 225 g/mol. The molecule has 0 aliphatic rings. The smallest absolute Gasteiger partial charge is 0.326 e. The highest BCUT2D eigenvalue weighted by molar-refractivity contribution is 5.78. The molecule has 0 aliphatic heterocycles. The van der Waals surface area contributed by atoms with Crippen molar-refractivity contribution in [2.24, 2.45) is 5.92 Å². The first kappa shape index (κ1) is 12.5. The van der Waals surface area contributed by atoms with Gasteiger partial charge in [0, 0.05) is 11.3 Å². The van der Waals surface area contributed by atoms with E-state index in [4.69, 9.17) is 5.11 Å². The molecule has 0 bridgehead atoms. The third-order valence-corrected chi connectivity index (χ3v) is 2.51. The number of carboxylic acids is 1. The van der Waals surface area contributed by atoms with Gasteiger partial charge in [0.2, 0.25) is 0 Å². The van der Waals surface area contributed by atoms with Crippen LogP contribution in [0.15, 0.2) is 18.2 Å². The Morgan fingerprint density at radius 3 is 2.56 bits per heavy atom. The molecule has 2 N–H and O–H groups in total. The molecule has 1 unspecified atom stereocenters. The zero-order chi connectivity index (χ0) is 12.3. The SMILES string of the molecule is Cc1c(F)cccc1NC(C(=O)O)C(C)C. The second-order valence-corrected chi connectivity index (χ2v) is 4.12. The number of carbonyl (C=O) groups is 1. The lowest BCUT2D eigenvalue weighted by atomic mass is 10.0. The Labute approximate surface area is 94.3 Å². The van der Waals surface area contributed by atoms with Gasteiger partial charge in [0.1, 0.15) is 11.9 Å². The highest BCUT2D eigenvalue weighted by Crippen LogP contribution is 2.20. The first-order valence-electron chi connectivity index (χ1n) is 5.18. The van der Waals surface area contributed by atoms with Crippen LogP contribution in [0.3, 0.4) is 0 Å². The van der Waals surface area contributed by atoms with Crippen LogP contribution in [0.1, 0.15) is 19.4 Å². The van der Waals surface area contributed by atoms with Crippen LogP contribution in [0.2, 0.25) is 0 Å². The lowest BCUT2D eigenvalue weighted by Gasteiger charge is -2.20. The Bertz CT molecular complexity index is 391. The Balaban J connectivity index is 2.94. The second kappa shape index (κ2) is 4.96. The van der Waals surface area contributed by atoms with E-state index in [1.54, 1.807) is 32.9 Å². The zero-order valence-corrected chi connectivity index (χ0v) is 9.62. The van der Waals surface area contributed by atoms with Gasteiger partial charge in [-0.05, 0) is 25.0 Å². The Morgan fingerprint density at radius 2 is 2.06 bits per heavy atom. The standard InChI is InChI=1S/C12H16FNO2/c1-7(2)11(12(15)16)14-10-6-4-5-9(13)8(10)3/h4-7,11,14H,1-3H3,(H,15,16). The molecular weight excluding hydrogens is 209 g/mol. The molecule has 4 heteroatoms. The summed E-state index contributed by atoms with van der Waals surface area (Å²) in [4.78, 5) is 11.0. The van der Waals surface area contributed by atoms with Crippen LogP contribution in [-0.2, 0) is 4.79 Å². The van der Waals surface area contributed by atoms with E-state index >= 15 is 0 Å². The molecule has 1 atom stereocenters. The highest BCUT2D eigenvalue weighted by atomic mass is 19.1. The molecule has 0 aliphatic carbocycles. The predicted octanol–water partition coefficient (Wildman–Crippen LogP) is 2.66. The third-order valence-electron chi connectivity index (χ3n) is 2.51. The maximum absolute atomic E-state index is 13.2. The minimum absolute atomic E-state index is 0.0693. The summed E-state index contributed by atoms with van der Waals surface area (Å²) in [6.45, 7) is 5.23. The van der Waals surface area contributed by atoms with Gasteiger partial charge >= 0.3 is 5.97 Å². The molecule has 0 saturated heterocycles. The third kappa shape index (κ3) is 2.72. The van der Waals surface area contributed by atoms with Crippen molar-refractivity contribution in [3.63, 3.8) is 0 Å². The predicted molar refractivity (Wildman–Crippen MR) is 61.0 cm³/mol. The Morgan fingerprint density at radius 1 is 1.44 bits per heavy atom. The van der Waals surface area contributed by atoms with Gasteiger partial charge in [-0.3, -0.25) is 0 Å². The van der Waals surface area contributed by atoms with Crippen molar-refractivity contribution in [3.8, 4) is 0 Å². The van der Waals surface area contributed by atoms with Crippen LogP contribution < -0.4 is 5.32 Å². The number of halogens is 1. The lowest BCUT2D eigenvalue weighted by molar-refractivity contribution is -0.138. The van der Waals surface area contributed by atoms with Crippen LogP contribution in [0.5, 0.6) is 0 Å². The van der Waals surface area contributed by atoms with E-state index in [1.807, 2.05) is 0 Å². The molecule has 0 spiro atoms. The molecule has 0 heterocycles. The number of aliphatic carboxylic acids is 1. The number of carboxylic acid groups (broad SMARTS) is 1. The van der Waals surface area contributed by atoms with Gasteiger partial charge in [-0.1, -0.05) is 19.9 Å². The largest absolute Gasteiger partial charge is 0.480 e. The van der Waals surface area contributed by atoms with E-state index in [2.05, 4.69) is 5.32 Å². The number of hydrogen-bond acceptors (Lipinski definition) is 2. The fourth-order valence-corrected chi connectivity index (χ4v) is 1.44. The van der Waals surface area contributed by atoms with Crippen LogP contribution in [0, 0.1) is 18.7 Å². The van der Waals surface area contributed by atoms with Gasteiger partial charge in [0.15, 0.2) is 0 Å². The lowest BCUT2D eigenvalue weighted by Crippen LogP contribution is -2.34. The molecule has 1 aromatic rings. The molecule has 0 aromatic heterocycles. The summed E-state index contributed by atoms with van der Waals surface area (Å²) in [5, 5.41) is 11.9. The highest BCUT2D eigenvalue weighted by Gasteiger charge is 2.21. The van der Waals surface area contributed by atoms with E-state index < -0.39 is 12.0 Å². The maximum atomic E-state index is 13.2. The van der Waals surface area contributed by atoms with E-state index in [0.29, 0.717) is 11.3 Å². The number of hydrogen-bond donors (Lipinski definition) is 2. The zero-order valence-electron chi connectivity index (χ0n) is 9.62. The average Bonchev–Trinajstić information content (AvgIpc) is 2.19. The van der Waals surface area contributed by atoms with Crippen molar-refractivity contribution in [2.45, 2.75) is 26.8 Å². The van der Waals surface area contributed by atoms with Crippen LogP contribution in [0.4, 0.5) is 10.1 Å². The molecule has 3 nitrogen and oxygen atoms in total. The number of benzene rings is 1. The number of anilines is 1. The van der Waals surface area contributed by atoms with E-state index in [-0.39, 0.29) is 11.7 Å². The van der Waals surface area contributed by atoms with Crippen molar-refractivity contribution in [1.82, 2.24) is 0 Å². The quantitative estimate of drug-likeness (QED) is 0.828. The van der Waals surface area contributed by atoms with Gasteiger partial charge in [-0.25, -0.2) is 9.18 Å². The number of rotatable bonds is 4. The molecule has 0 amide bonds. The first-order valence-corrected chi connectivity index (χ1v) is 5.18. The van der Waals surface area contributed by atoms with Crippen LogP contribution >= 0.6 is 0 Å². The fraction of sp³-hybridized carbons (Fsp3) is 0.417. The summed E-state index contributed by atoms with van der Waals surface area (Å²) < 4.78 is 13.2. The summed E-state index contributed by atoms with van der Waals surface area (Å²) in [7, 11) is 0. The molecule has 0 radical (unpaired) electrons. The molecule has 16 heavy (non-hydrogen) atoms. The van der Waals surface area contributed by atoms with Gasteiger partial charge in [-0.15, -0.1) is 0 Å². The van der Waals surface area contributed by atoms with Crippen LogP contribution in [0.25, 0.3) is 0 Å². The topological polar surface area (TPSA) is 49.3 Å². The van der Waals surface area contributed by atoms with Gasteiger partial charge in [-0.2, -0.15) is 0 Å². The molecule has 88 valence electrons. The summed E-state index contributed by atoms with van der Waals surface area (Å²) in [6.07, 6.45) is 0. The van der Waals surface area contributed by atoms with Crippen molar-refractivity contribution in [2.75, 3.05) is 5.32 Å². The Kier molecular flexibility index (Phi) is 3.88. The van der Waals surface area contributed by atoms with E-state index in [0.717, 1.165) is 0 Å². The van der Waals surface area contributed by atoms with Crippen LogP contribution in [-0.4, -0.2) is 17.1 Å². The summed E-state index contributed by atoms with van der Waals surface area (Å²) >= 11 is 0. The Hall–Kier alpha value is -1.58. The second-order valence-electron chi connectivity index (χ2n) is 4.12. The molecule has 0 fully saturated rings. The summed E-state index contributed by atoms with van der Waals surface area (Å²) in [6, 6.07) is 3.88. The van der Waals surface area contributed by atoms with Crippen molar-refractivity contribution in [3.05, 3.63) is 29.6 Å². The van der Waals surface area contributed by atoms with Crippen molar-refractivity contribution < 1.29 is 14.3 Å². The minimum Gasteiger partial charge on any atom is -0.480 e. The van der Waals surface area contributed by atoms with Gasteiger partial charge in [0.05, 0.1) is 0 Å². The van der Waals surface area contributed by atoms with Crippen molar-refractivity contribution >= 4 is 11.7 Å². The molecular formula is C12H16FNO2. The average molecular weight is 225 g/mol. The normalized spacial score (nSPS) is 12.6. The van der Waals surface area contributed by atoms with Gasteiger partial charge in [0.25, 0.3) is 0 Å². The molecule has 1 aromatic carbocycles. The first-order chi connectivity index (χ1) is 7.43. The maximum Gasteiger partial charge on any atom is 0.326 e.